The highest BCUT2D eigenvalue weighted by Crippen LogP contribution is 2.23. The molecule has 0 spiro atoms. The van der Waals surface area contributed by atoms with Crippen molar-refractivity contribution in [2.45, 2.75) is 25.3 Å². The van der Waals surface area contributed by atoms with E-state index in [4.69, 9.17) is 15.2 Å². The van der Waals surface area contributed by atoms with E-state index in [1.807, 2.05) is 6.07 Å². The van der Waals surface area contributed by atoms with Crippen LogP contribution < -0.4 is 27.0 Å². The molecule has 0 aliphatic heterocycles. The number of nitrogens with one attached hydrogen (secondary N) is 4. The molecule has 1 aliphatic carbocycles. The van der Waals surface area contributed by atoms with Crippen LogP contribution in [0, 0.1) is 0 Å². The monoisotopic (exact) mass is 470 g/mol. The van der Waals surface area contributed by atoms with Crippen molar-refractivity contribution in [3.05, 3.63) is 42.5 Å². The van der Waals surface area contributed by atoms with Gasteiger partial charge in [-0.3, -0.25) is 4.79 Å². The van der Waals surface area contributed by atoms with Crippen LogP contribution in [0.4, 0.5) is 23.5 Å². The maximum atomic E-state index is 12.5. The van der Waals surface area contributed by atoms with Gasteiger partial charge in [0.1, 0.15) is 0 Å². The number of nitrogens with zero attached hydrogens (tertiary/aromatic N) is 3. The van der Waals surface area contributed by atoms with Crippen molar-refractivity contribution in [3.63, 3.8) is 0 Å². The van der Waals surface area contributed by atoms with Crippen molar-refractivity contribution in [3.8, 4) is 0 Å². The first-order chi connectivity index (χ1) is 16.7. The van der Waals surface area contributed by atoms with Gasteiger partial charge in [-0.1, -0.05) is 12.1 Å². The molecule has 2 aromatic rings. The quantitative estimate of drug-likeness (QED) is 0.182. The first-order valence-electron chi connectivity index (χ1n) is 11.6. The third-order valence-corrected chi connectivity index (χ3v) is 5.03. The smallest absolute Gasteiger partial charge is 0.251 e. The van der Waals surface area contributed by atoms with E-state index in [1.54, 1.807) is 24.3 Å². The van der Waals surface area contributed by atoms with Crippen LogP contribution in [0.15, 0.2) is 36.9 Å². The van der Waals surface area contributed by atoms with Crippen molar-refractivity contribution in [1.29, 1.82) is 0 Å². The molecule has 0 unspecified atom stereocenters. The van der Waals surface area contributed by atoms with Crippen LogP contribution in [-0.2, 0) is 9.47 Å². The Labute approximate surface area is 199 Å². The van der Waals surface area contributed by atoms with Gasteiger partial charge in [-0.25, -0.2) is 0 Å². The Hall–Kier alpha value is -3.28. The van der Waals surface area contributed by atoms with E-state index in [1.165, 1.54) is 6.42 Å². The second-order valence-electron chi connectivity index (χ2n) is 7.72. The fraction of sp³-hybridized carbons (Fsp3) is 0.478. The lowest BCUT2D eigenvalue weighted by atomic mass is 9.93. The van der Waals surface area contributed by atoms with E-state index in [9.17, 15) is 4.79 Å². The molecule has 1 aromatic heterocycles. The van der Waals surface area contributed by atoms with Gasteiger partial charge >= 0.3 is 0 Å². The molecule has 1 aromatic carbocycles. The molecular weight excluding hydrogens is 436 g/mol. The van der Waals surface area contributed by atoms with E-state index in [2.05, 4.69) is 42.8 Å². The van der Waals surface area contributed by atoms with Gasteiger partial charge in [0.15, 0.2) is 0 Å². The fourth-order valence-corrected chi connectivity index (χ4v) is 3.09. The van der Waals surface area contributed by atoms with Crippen LogP contribution in [0.5, 0.6) is 0 Å². The zero-order chi connectivity index (χ0) is 24.0. The van der Waals surface area contributed by atoms with E-state index >= 15 is 0 Å². The molecule has 1 heterocycles. The van der Waals surface area contributed by atoms with Crippen LogP contribution in [0.25, 0.3) is 0 Å². The normalized spacial score (nSPS) is 13.1. The zero-order valence-corrected chi connectivity index (χ0v) is 19.4. The molecule has 34 heavy (non-hydrogen) atoms. The average molecular weight is 471 g/mol. The molecule has 0 radical (unpaired) electrons. The van der Waals surface area contributed by atoms with Gasteiger partial charge < -0.3 is 36.5 Å². The summed E-state index contributed by atoms with van der Waals surface area (Å²) in [6.07, 6.45) is 5.15. The molecule has 6 N–H and O–H groups in total. The Bertz CT molecular complexity index is 923. The molecule has 184 valence electrons. The summed E-state index contributed by atoms with van der Waals surface area (Å²) in [7, 11) is 0. The SMILES string of the molecule is C=CCNc1nc(Nc2cccc(C(=O)NCCOCCOCCN)c2)nc(NC2CCC2)n1. The van der Waals surface area contributed by atoms with Crippen LogP contribution in [0.3, 0.4) is 0 Å². The van der Waals surface area contributed by atoms with Crippen molar-refractivity contribution < 1.29 is 14.3 Å². The fourth-order valence-electron chi connectivity index (χ4n) is 3.09. The predicted molar refractivity (Wildman–Crippen MR) is 133 cm³/mol. The standard InChI is InChI=1S/C23H34N8O3/c1-2-10-26-21-29-22(27-18-6-4-7-18)31-23(30-21)28-19-8-3-5-17(16-19)20(32)25-11-13-34-15-14-33-12-9-24/h2-3,5,8,16,18H,1,4,6-7,9-15,24H2,(H,25,32)(H3,26,27,28,29,30,31). The summed E-state index contributed by atoms with van der Waals surface area (Å²) in [6, 6.07) is 7.53. The van der Waals surface area contributed by atoms with E-state index in [0.29, 0.717) is 81.2 Å². The summed E-state index contributed by atoms with van der Waals surface area (Å²) in [5.41, 5.74) is 6.56. The zero-order valence-electron chi connectivity index (χ0n) is 19.4. The highest BCUT2D eigenvalue weighted by molar-refractivity contribution is 5.95. The van der Waals surface area contributed by atoms with Crippen LogP contribution in [0.1, 0.15) is 29.6 Å². The number of nitrogens with two attached hydrogens (primary N) is 1. The second-order valence-corrected chi connectivity index (χ2v) is 7.72. The van der Waals surface area contributed by atoms with Crippen molar-refractivity contribution in [2.75, 3.05) is 62.0 Å². The number of carbonyl (C=O) groups is 1. The molecule has 0 atom stereocenters. The molecule has 11 nitrogen and oxygen atoms in total. The van der Waals surface area contributed by atoms with Crippen molar-refractivity contribution >= 4 is 29.4 Å². The number of amides is 1. The number of ether oxygens (including phenoxy) is 2. The van der Waals surface area contributed by atoms with E-state index in [-0.39, 0.29) is 5.91 Å². The lowest BCUT2D eigenvalue weighted by molar-refractivity contribution is 0.0511. The molecule has 11 heteroatoms. The third-order valence-electron chi connectivity index (χ3n) is 5.03. The molecule has 1 aliphatic rings. The summed E-state index contributed by atoms with van der Waals surface area (Å²) < 4.78 is 10.7. The lowest BCUT2D eigenvalue weighted by Crippen LogP contribution is -2.28. The Kier molecular flexibility index (Phi) is 10.5. The summed E-state index contributed by atoms with van der Waals surface area (Å²) >= 11 is 0. The Morgan fingerprint density at radius 1 is 1.09 bits per heavy atom. The lowest BCUT2D eigenvalue weighted by Gasteiger charge is -2.26. The van der Waals surface area contributed by atoms with Gasteiger partial charge in [0.2, 0.25) is 17.8 Å². The maximum absolute atomic E-state index is 12.5. The van der Waals surface area contributed by atoms with Gasteiger partial charge in [-0.2, -0.15) is 15.0 Å². The van der Waals surface area contributed by atoms with Gasteiger partial charge in [0.05, 0.1) is 26.4 Å². The first kappa shape index (κ1) is 25.3. The van der Waals surface area contributed by atoms with E-state index in [0.717, 1.165) is 12.8 Å². The number of anilines is 4. The molecule has 1 saturated carbocycles. The van der Waals surface area contributed by atoms with Crippen LogP contribution in [0.2, 0.25) is 0 Å². The minimum Gasteiger partial charge on any atom is -0.378 e. The number of benzene rings is 1. The van der Waals surface area contributed by atoms with Crippen molar-refractivity contribution in [2.24, 2.45) is 5.73 Å². The minimum absolute atomic E-state index is 0.192. The number of carbonyl (C=O) groups excluding carboxylic acids is 1. The number of hydrogen-bond donors (Lipinski definition) is 5. The summed E-state index contributed by atoms with van der Waals surface area (Å²) in [5, 5.41) is 12.5. The average Bonchev–Trinajstić information content (AvgIpc) is 2.82. The maximum Gasteiger partial charge on any atom is 0.251 e. The Morgan fingerprint density at radius 3 is 2.59 bits per heavy atom. The molecular formula is C23H34N8O3. The van der Waals surface area contributed by atoms with Crippen LogP contribution in [-0.4, -0.2) is 73.0 Å². The predicted octanol–water partition coefficient (Wildman–Crippen LogP) is 1.90. The second kappa shape index (κ2) is 14.1. The summed E-state index contributed by atoms with van der Waals surface area (Å²) in [6.45, 7) is 6.99. The highest BCUT2D eigenvalue weighted by atomic mass is 16.5. The van der Waals surface area contributed by atoms with Gasteiger partial charge in [0.25, 0.3) is 5.91 Å². The number of aromatic nitrogens is 3. The van der Waals surface area contributed by atoms with Gasteiger partial charge in [-0.05, 0) is 37.5 Å². The largest absolute Gasteiger partial charge is 0.378 e. The molecule has 0 bridgehead atoms. The van der Waals surface area contributed by atoms with Gasteiger partial charge in [0, 0.05) is 36.9 Å². The van der Waals surface area contributed by atoms with Gasteiger partial charge in [-0.15, -0.1) is 6.58 Å². The minimum atomic E-state index is -0.192. The molecule has 3 rings (SSSR count). The number of hydrogen-bond acceptors (Lipinski definition) is 10. The molecule has 1 amide bonds. The van der Waals surface area contributed by atoms with Crippen molar-refractivity contribution in [1.82, 2.24) is 20.3 Å². The summed E-state index contributed by atoms with van der Waals surface area (Å²) in [5.74, 6) is 1.15. The molecule has 0 saturated heterocycles. The molecule has 1 fully saturated rings. The third kappa shape index (κ3) is 8.58. The Balaban J connectivity index is 1.54. The highest BCUT2D eigenvalue weighted by Gasteiger charge is 2.19. The van der Waals surface area contributed by atoms with Crippen LogP contribution >= 0.6 is 0 Å². The first-order valence-corrected chi connectivity index (χ1v) is 11.6. The van der Waals surface area contributed by atoms with E-state index < -0.39 is 0 Å². The topological polar surface area (TPSA) is 148 Å². The Morgan fingerprint density at radius 2 is 1.85 bits per heavy atom. The number of rotatable bonds is 16. The summed E-state index contributed by atoms with van der Waals surface area (Å²) in [4.78, 5) is 25.8.